The van der Waals surface area contributed by atoms with Crippen LogP contribution in [0.3, 0.4) is 0 Å². The molecule has 0 aromatic heterocycles. The highest BCUT2D eigenvalue weighted by Crippen LogP contribution is 2.25. The van der Waals surface area contributed by atoms with Crippen molar-refractivity contribution in [3.05, 3.63) is 23.2 Å². The molecule has 8 heteroatoms. The standard InChI is InChI=1S/C10H9ClN4O3/c11-6-3-5(1-2-7(6)16)13-10(18)15-9-12-4-8(17)14-9/h1-3,16H,4H2,(H3,12,13,14,15,17,18). The van der Waals surface area contributed by atoms with E-state index in [9.17, 15) is 14.7 Å². The molecule has 7 nitrogen and oxygen atoms in total. The van der Waals surface area contributed by atoms with Crippen LogP contribution in [0, 0.1) is 0 Å². The highest BCUT2D eigenvalue weighted by Gasteiger charge is 2.15. The Hall–Kier alpha value is -2.28. The second-order valence-electron chi connectivity index (χ2n) is 3.46. The summed E-state index contributed by atoms with van der Waals surface area (Å²) in [7, 11) is 0. The number of rotatable bonds is 1. The summed E-state index contributed by atoms with van der Waals surface area (Å²) in [5.41, 5.74) is 0.403. The van der Waals surface area contributed by atoms with E-state index in [4.69, 9.17) is 11.6 Å². The van der Waals surface area contributed by atoms with Gasteiger partial charge in [-0.2, -0.15) is 0 Å². The van der Waals surface area contributed by atoms with E-state index in [1.807, 2.05) is 0 Å². The molecule has 0 bridgehead atoms. The van der Waals surface area contributed by atoms with Crippen LogP contribution < -0.4 is 16.0 Å². The Morgan fingerprint density at radius 3 is 2.83 bits per heavy atom. The van der Waals surface area contributed by atoms with Gasteiger partial charge in [-0.05, 0) is 18.2 Å². The normalized spacial score (nSPS) is 13.8. The number of guanidine groups is 1. The number of benzene rings is 1. The Morgan fingerprint density at radius 1 is 1.44 bits per heavy atom. The second-order valence-corrected chi connectivity index (χ2v) is 3.87. The zero-order chi connectivity index (χ0) is 13.1. The van der Waals surface area contributed by atoms with Gasteiger partial charge in [-0.3, -0.25) is 15.4 Å². The third kappa shape index (κ3) is 2.89. The van der Waals surface area contributed by atoms with Crippen molar-refractivity contribution in [2.75, 3.05) is 11.9 Å². The molecule has 94 valence electrons. The number of urea groups is 1. The SMILES string of the molecule is O=C1CN=C(NC(=O)Nc2ccc(O)c(Cl)c2)N1. The van der Waals surface area contributed by atoms with E-state index in [2.05, 4.69) is 20.9 Å². The predicted octanol–water partition coefficient (Wildman–Crippen LogP) is 0.653. The minimum absolute atomic E-state index is 0.000646. The average Bonchev–Trinajstić information content (AvgIpc) is 2.69. The molecule has 1 aliphatic heterocycles. The van der Waals surface area contributed by atoms with E-state index < -0.39 is 6.03 Å². The lowest BCUT2D eigenvalue weighted by molar-refractivity contribution is -0.117. The van der Waals surface area contributed by atoms with Gasteiger partial charge in [-0.15, -0.1) is 0 Å². The Balaban J connectivity index is 1.95. The van der Waals surface area contributed by atoms with E-state index in [0.717, 1.165) is 0 Å². The number of halogens is 1. The van der Waals surface area contributed by atoms with Gasteiger partial charge >= 0.3 is 6.03 Å². The Morgan fingerprint density at radius 2 is 2.22 bits per heavy atom. The monoisotopic (exact) mass is 268 g/mol. The third-order valence-electron chi connectivity index (χ3n) is 2.08. The number of carbonyl (C=O) groups excluding carboxylic acids is 2. The molecule has 1 heterocycles. The summed E-state index contributed by atoms with van der Waals surface area (Å²) in [6.07, 6.45) is 0. The minimum atomic E-state index is -0.572. The smallest absolute Gasteiger partial charge is 0.326 e. The first-order valence-electron chi connectivity index (χ1n) is 4.95. The number of anilines is 1. The van der Waals surface area contributed by atoms with E-state index in [-0.39, 0.29) is 29.2 Å². The number of aliphatic imine (C=N–C) groups is 1. The molecule has 1 aromatic rings. The van der Waals surface area contributed by atoms with Crippen LogP contribution in [0.15, 0.2) is 23.2 Å². The molecule has 1 aromatic carbocycles. The molecule has 0 unspecified atom stereocenters. The Labute approximate surface area is 107 Å². The number of phenols is 1. The van der Waals surface area contributed by atoms with Gasteiger partial charge in [0.1, 0.15) is 12.3 Å². The first-order valence-corrected chi connectivity index (χ1v) is 5.33. The van der Waals surface area contributed by atoms with Crippen LogP contribution in [0.25, 0.3) is 0 Å². The Kier molecular flexibility index (Phi) is 3.33. The number of nitrogens with one attached hydrogen (secondary N) is 3. The number of phenolic OH excluding ortho intramolecular Hbond substituents is 1. The predicted molar refractivity (Wildman–Crippen MR) is 65.7 cm³/mol. The molecule has 18 heavy (non-hydrogen) atoms. The van der Waals surface area contributed by atoms with Crippen LogP contribution in [0.1, 0.15) is 0 Å². The van der Waals surface area contributed by atoms with Crippen molar-refractivity contribution in [1.29, 1.82) is 0 Å². The van der Waals surface area contributed by atoms with E-state index in [1.54, 1.807) is 0 Å². The largest absolute Gasteiger partial charge is 0.506 e. The molecule has 4 N–H and O–H groups in total. The lowest BCUT2D eigenvalue weighted by Gasteiger charge is -2.07. The second kappa shape index (κ2) is 4.92. The number of aromatic hydroxyl groups is 1. The molecule has 0 atom stereocenters. The van der Waals surface area contributed by atoms with Gasteiger partial charge in [-0.25, -0.2) is 9.79 Å². The lowest BCUT2D eigenvalue weighted by Crippen LogP contribution is -2.42. The first-order chi connectivity index (χ1) is 8.54. The molecule has 0 saturated heterocycles. The van der Waals surface area contributed by atoms with E-state index >= 15 is 0 Å². The summed E-state index contributed by atoms with van der Waals surface area (Å²) in [4.78, 5) is 26.1. The van der Waals surface area contributed by atoms with Crippen LogP contribution in [-0.4, -0.2) is 29.5 Å². The van der Waals surface area contributed by atoms with E-state index in [0.29, 0.717) is 5.69 Å². The summed E-state index contributed by atoms with van der Waals surface area (Å²) in [5.74, 6) is -0.254. The molecule has 0 radical (unpaired) electrons. The quantitative estimate of drug-likeness (QED) is 0.562. The fourth-order valence-electron chi connectivity index (χ4n) is 1.29. The fraction of sp³-hybridized carbons (Fsp3) is 0.100. The molecule has 0 spiro atoms. The minimum Gasteiger partial charge on any atom is -0.506 e. The topological polar surface area (TPSA) is 103 Å². The van der Waals surface area contributed by atoms with Crippen molar-refractivity contribution in [3.63, 3.8) is 0 Å². The number of hydrogen-bond donors (Lipinski definition) is 4. The molecule has 0 saturated carbocycles. The van der Waals surface area contributed by atoms with Gasteiger partial charge in [0.2, 0.25) is 11.9 Å². The van der Waals surface area contributed by atoms with Crippen molar-refractivity contribution >= 4 is 35.2 Å². The molecule has 0 aliphatic carbocycles. The highest BCUT2D eigenvalue weighted by atomic mass is 35.5. The third-order valence-corrected chi connectivity index (χ3v) is 2.38. The van der Waals surface area contributed by atoms with E-state index in [1.165, 1.54) is 18.2 Å². The van der Waals surface area contributed by atoms with Gasteiger partial charge < -0.3 is 10.4 Å². The van der Waals surface area contributed by atoms with Gasteiger partial charge in [0.25, 0.3) is 0 Å². The maximum atomic E-state index is 11.5. The van der Waals surface area contributed by atoms with Crippen molar-refractivity contribution in [3.8, 4) is 5.75 Å². The summed E-state index contributed by atoms with van der Waals surface area (Å²) in [6, 6.07) is 3.66. The Bertz CT molecular complexity index is 544. The van der Waals surface area contributed by atoms with Crippen LogP contribution >= 0.6 is 11.6 Å². The molecule has 0 fully saturated rings. The zero-order valence-electron chi connectivity index (χ0n) is 9.03. The lowest BCUT2D eigenvalue weighted by atomic mass is 10.3. The first kappa shape index (κ1) is 12.2. The number of hydrogen-bond acceptors (Lipinski definition) is 4. The molecule has 2 rings (SSSR count). The summed E-state index contributed by atoms with van der Waals surface area (Å²) in [6.45, 7) is 0.000646. The number of nitrogens with zero attached hydrogens (tertiary/aromatic N) is 1. The van der Waals surface area contributed by atoms with Crippen LogP contribution in [0.5, 0.6) is 5.75 Å². The zero-order valence-corrected chi connectivity index (χ0v) is 9.78. The summed E-state index contributed by atoms with van der Waals surface area (Å²) < 4.78 is 0. The van der Waals surface area contributed by atoms with Gasteiger partial charge in [-0.1, -0.05) is 11.6 Å². The van der Waals surface area contributed by atoms with Crippen molar-refractivity contribution in [1.82, 2.24) is 10.6 Å². The summed E-state index contributed by atoms with van der Waals surface area (Å²) >= 11 is 5.68. The van der Waals surface area contributed by atoms with Crippen LogP contribution in [-0.2, 0) is 4.79 Å². The van der Waals surface area contributed by atoms with Crippen LogP contribution in [0.2, 0.25) is 5.02 Å². The number of amides is 3. The van der Waals surface area contributed by atoms with Gasteiger partial charge in [0.15, 0.2) is 0 Å². The molecular formula is C10H9ClN4O3. The maximum Gasteiger partial charge on any atom is 0.326 e. The molecule has 3 amide bonds. The van der Waals surface area contributed by atoms with Crippen molar-refractivity contribution in [2.24, 2.45) is 4.99 Å². The average molecular weight is 269 g/mol. The molecule has 1 aliphatic rings. The summed E-state index contributed by atoms with van der Waals surface area (Å²) in [5, 5.41) is 16.5. The van der Waals surface area contributed by atoms with Gasteiger partial charge in [0.05, 0.1) is 5.02 Å². The highest BCUT2D eigenvalue weighted by molar-refractivity contribution is 6.32. The van der Waals surface area contributed by atoms with Crippen LogP contribution in [0.4, 0.5) is 10.5 Å². The maximum absolute atomic E-state index is 11.5. The van der Waals surface area contributed by atoms with Crippen molar-refractivity contribution in [2.45, 2.75) is 0 Å². The van der Waals surface area contributed by atoms with Crippen molar-refractivity contribution < 1.29 is 14.7 Å². The molecular weight excluding hydrogens is 260 g/mol. The fourth-order valence-corrected chi connectivity index (χ4v) is 1.47. The van der Waals surface area contributed by atoms with Gasteiger partial charge in [0, 0.05) is 5.69 Å². The number of carbonyl (C=O) groups is 2.